The van der Waals surface area contributed by atoms with Crippen molar-refractivity contribution in [2.24, 2.45) is 0 Å². The van der Waals surface area contributed by atoms with E-state index >= 15 is 0 Å². The predicted octanol–water partition coefficient (Wildman–Crippen LogP) is 2.86. The van der Waals surface area contributed by atoms with Gasteiger partial charge in [0.1, 0.15) is 0 Å². The second-order valence-electron chi connectivity index (χ2n) is 3.89. The summed E-state index contributed by atoms with van der Waals surface area (Å²) in [6.07, 6.45) is 1.32. The van der Waals surface area contributed by atoms with Gasteiger partial charge in [0, 0.05) is 6.04 Å². The largest absolute Gasteiger partial charge is 0.416 e. The molecule has 1 nitrogen and oxygen atoms in total. The summed E-state index contributed by atoms with van der Waals surface area (Å²) < 4.78 is 37.4. The van der Waals surface area contributed by atoms with E-state index < -0.39 is 11.7 Å². The smallest absolute Gasteiger partial charge is 0.303 e. The van der Waals surface area contributed by atoms with Crippen molar-refractivity contribution in [2.75, 3.05) is 6.54 Å². The highest BCUT2D eigenvalue weighted by molar-refractivity contribution is 5.26. The first-order chi connectivity index (χ1) is 7.93. The maximum Gasteiger partial charge on any atom is 0.416 e. The lowest BCUT2D eigenvalue weighted by molar-refractivity contribution is -0.137. The van der Waals surface area contributed by atoms with Crippen LogP contribution < -0.4 is 5.32 Å². The molecule has 0 spiro atoms. The Bertz CT molecular complexity index is 404. The van der Waals surface area contributed by atoms with Crippen molar-refractivity contribution in [2.45, 2.75) is 25.6 Å². The normalized spacial score (nSPS) is 13.1. The molecule has 0 amide bonds. The van der Waals surface area contributed by atoms with Gasteiger partial charge in [0.15, 0.2) is 0 Å². The topological polar surface area (TPSA) is 12.0 Å². The minimum absolute atomic E-state index is 0.0505. The number of alkyl halides is 3. The zero-order chi connectivity index (χ0) is 12.9. The van der Waals surface area contributed by atoms with Crippen molar-refractivity contribution in [3.8, 4) is 12.3 Å². The molecule has 0 heterocycles. The maximum absolute atomic E-state index is 12.5. The van der Waals surface area contributed by atoms with Gasteiger partial charge in [-0.05, 0) is 25.0 Å². The number of nitrogens with one attached hydrogen (secondary N) is 1. The van der Waals surface area contributed by atoms with Crippen molar-refractivity contribution >= 4 is 0 Å². The molecule has 0 unspecified atom stereocenters. The van der Waals surface area contributed by atoms with E-state index in [-0.39, 0.29) is 6.04 Å². The van der Waals surface area contributed by atoms with E-state index in [1.165, 1.54) is 12.1 Å². The van der Waals surface area contributed by atoms with Crippen LogP contribution in [0.15, 0.2) is 24.3 Å². The van der Waals surface area contributed by atoms with E-state index in [9.17, 15) is 13.2 Å². The number of hydrogen-bond acceptors (Lipinski definition) is 1. The third-order valence-electron chi connectivity index (χ3n) is 2.35. The summed E-state index contributed by atoms with van der Waals surface area (Å²) >= 11 is 0. The summed E-state index contributed by atoms with van der Waals surface area (Å²) in [7, 11) is 0. The lowest BCUT2D eigenvalue weighted by Crippen LogP contribution is -2.28. The van der Waals surface area contributed by atoms with Gasteiger partial charge in [-0.25, -0.2) is 0 Å². The fraction of sp³-hybridized carbons (Fsp3) is 0.385. The molecule has 1 aromatic rings. The average molecular weight is 241 g/mol. The summed E-state index contributed by atoms with van der Waals surface area (Å²) in [6.45, 7) is 2.30. The molecular weight excluding hydrogens is 227 g/mol. The molecule has 1 aromatic carbocycles. The molecular formula is C13H14F3N. The first kappa shape index (κ1) is 13.6. The molecule has 17 heavy (non-hydrogen) atoms. The predicted molar refractivity (Wildman–Crippen MR) is 61.4 cm³/mol. The first-order valence-electron chi connectivity index (χ1n) is 5.26. The fourth-order valence-corrected chi connectivity index (χ4v) is 1.53. The quantitative estimate of drug-likeness (QED) is 0.799. The highest BCUT2D eigenvalue weighted by Crippen LogP contribution is 2.29. The second-order valence-corrected chi connectivity index (χ2v) is 3.89. The zero-order valence-electron chi connectivity index (χ0n) is 9.51. The highest BCUT2D eigenvalue weighted by Gasteiger charge is 2.30. The summed E-state index contributed by atoms with van der Waals surface area (Å²) in [5, 5.41) is 3.02. The molecule has 1 atom stereocenters. The van der Waals surface area contributed by atoms with Gasteiger partial charge in [0.2, 0.25) is 0 Å². The summed E-state index contributed by atoms with van der Waals surface area (Å²) in [4.78, 5) is 0. The minimum Gasteiger partial charge on any atom is -0.303 e. The Morgan fingerprint density at radius 1 is 1.41 bits per heavy atom. The van der Waals surface area contributed by atoms with Gasteiger partial charge in [-0.15, -0.1) is 6.42 Å². The van der Waals surface area contributed by atoms with Gasteiger partial charge in [0.25, 0.3) is 0 Å². The molecule has 0 aliphatic carbocycles. The van der Waals surface area contributed by atoms with Gasteiger partial charge in [0.05, 0.1) is 12.1 Å². The van der Waals surface area contributed by atoms with Crippen LogP contribution in [0.1, 0.15) is 18.1 Å². The van der Waals surface area contributed by atoms with Crippen LogP contribution in [0, 0.1) is 12.3 Å². The van der Waals surface area contributed by atoms with Gasteiger partial charge < -0.3 is 5.32 Å². The van der Waals surface area contributed by atoms with E-state index in [4.69, 9.17) is 6.42 Å². The number of benzene rings is 1. The lowest BCUT2D eigenvalue weighted by atomic mass is 10.0. The summed E-state index contributed by atoms with van der Waals surface area (Å²) in [5.41, 5.74) is 0.0380. The monoisotopic (exact) mass is 241 g/mol. The molecule has 0 saturated heterocycles. The molecule has 0 fully saturated rings. The summed E-state index contributed by atoms with van der Waals surface area (Å²) in [6, 6.07) is 5.40. The van der Waals surface area contributed by atoms with Crippen LogP contribution in [0.2, 0.25) is 0 Å². The molecule has 0 aromatic heterocycles. The maximum atomic E-state index is 12.5. The van der Waals surface area contributed by atoms with Gasteiger partial charge in [-0.2, -0.15) is 13.2 Å². The lowest BCUT2D eigenvalue weighted by Gasteiger charge is -2.13. The number of terminal acetylenes is 1. The van der Waals surface area contributed by atoms with Crippen LogP contribution in [-0.2, 0) is 12.6 Å². The third-order valence-corrected chi connectivity index (χ3v) is 2.35. The second kappa shape index (κ2) is 5.74. The van der Waals surface area contributed by atoms with Crippen molar-refractivity contribution < 1.29 is 13.2 Å². The number of halogens is 3. The van der Waals surface area contributed by atoms with Crippen LogP contribution in [-0.4, -0.2) is 12.6 Å². The Morgan fingerprint density at radius 3 is 2.71 bits per heavy atom. The van der Waals surface area contributed by atoms with E-state index in [0.29, 0.717) is 18.5 Å². The van der Waals surface area contributed by atoms with Crippen LogP contribution in [0.4, 0.5) is 13.2 Å². The van der Waals surface area contributed by atoms with Crippen molar-refractivity contribution in [3.63, 3.8) is 0 Å². The van der Waals surface area contributed by atoms with Gasteiger partial charge in [-0.1, -0.05) is 24.1 Å². The average Bonchev–Trinajstić information content (AvgIpc) is 2.25. The Labute approximate surface area is 99.0 Å². The SMILES string of the molecule is C#CCN[C@H](C)Cc1cccc(C(F)(F)F)c1. The van der Waals surface area contributed by atoms with Gasteiger partial charge >= 0.3 is 6.18 Å². The number of hydrogen-bond donors (Lipinski definition) is 1. The molecule has 0 aliphatic rings. The molecule has 0 aliphatic heterocycles. The Hall–Kier alpha value is -1.47. The molecule has 0 radical (unpaired) electrons. The molecule has 92 valence electrons. The summed E-state index contributed by atoms with van der Waals surface area (Å²) in [5.74, 6) is 2.43. The Morgan fingerprint density at radius 2 is 2.12 bits per heavy atom. The van der Waals surface area contributed by atoms with Crippen molar-refractivity contribution in [1.82, 2.24) is 5.32 Å². The first-order valence-corrected chi connectivity index (χ1v) is 5.26. The Balaban J connectivity index is 2.70. The van der Waals surface area contributed by atoms with Crippen LogP contribution >= 0.6 is 0 Å². The highest BCUT2D eigenvalue weighted by atomic mass is 19.4. The molecule has 1 N–H and O–H groups in total. The zero-order valence-corrected chi connectivity index (χ0v) is 9.51. The fourth-order valence-electron chi connectivity index (χ4n) is 1.53. The minimum atomic E-state index is -4.29. The van der Waals surface area contributed by atoms with Crippen LogP contribution in [0.3, 0.4) is 0 Å². The van der Waals surface area contributed by atoms with E-state index in [1.54, 1.807) is 6.07 Å². The van der Waals surface area contributed by atoms with Gasteiger partial charge in [-0.3, -0.25) is 0 Å². The molecule has 0 saturated carbocycles. The van der Waals surface area contributed by atoms with Crippen LogP contribution in [0.25, 0.3) is 0 Å². The standard InChI is InChI=1S/C13H14F3N/c1-3-7-17-10(2)8-11-5-4-6-12(9-11)13(14,15)16/h1,4-6,9-10,17H,7-8H2,2H3/t10-/m1/s1. The van der Waals surface area contributed by atoms with E-state index in [0.717, 1.165) is 6.07 Å². The van der Waals surface area contributed by atoms with E-state index in [1.807, 2.05) is 6.92 Å². The van der Waals surface area contributed by atoms with Crippen molar-refractivity contribution in [3.05, 3.63) is 35.4 Å². The van der Waals surface area contributed by atoms with E-state index in [2.05, 4.69) is 11.2 Å². The van der Waals surface area contributed by atoms with Crippen molar-refractivity contribution in [1.29, 1.82) is 0 Å². The molecule has 1 rings (SSSR count). The number of rotatable bonds is 4. The Kier molecular flexibility index (Phi) is 4.59. The third kappa shape index (κ3) is 4.49. The molecule has 4 heteroatoms. The van der Waals surface area contributed by atoms with Crippen LogP contribution in [0.5, 0.6) is 0 Å². The molecule has 0 bridgehead atoms.